The summed E-state index contributed by atoms with van der Waals surface area (Å²) in [5.74, 6) is 0.903. The van der Waals surface area contributed by atoms with Crippen LogP contribution in [0.1, 0.15) is 12.0 Å². The summed E-state index contributed by atoms with van der Waals surface area (Å²) in [6.45, 7) is 1.30. The van der Waals surface area contributed by atoms with Crippen LogP contribution in [-0.4, -0.2) is 27.9 Å². The molecular weight excluding hydrogens is 246 g/mol. The van der Waals surface area contributed by atoms with Crippen molar-refractivity contribution in [1.82, 2.24) is 5.32 Å². The van der Waals surface area contributed by atoms with Crippen molar-refractivity contribution >= 4 is 22.4 Å². The molecular formula is C11H16ClNO2S. The fourth-order valence-electron chi connectivity index (χ4n) is 1.34. The monoisotopic (exact) mass is 261 g/mol. The molecule has 16 heavy (non-hydrogen) atoms. The molecule has 3 nitrogen and oxygen atoms in total. The lowest BCUT2D eigenvalue weighted by Gasteiger charge is -2.08. The highest BCUT2D eigenvalue weighted by molar-refractivity contribution is 7.84. The van der Waals surface area contributed by atoms with Crippen LogP contribution in [0.3, 0.4) is 0 Å². The molecule has 1 aromatic carbocycles. The number of phenols is 1. The summed E-state index contributed by atoms with van der Waals surface area (Å²) in [5.41, 5.74) is 0.710. The smallest absolute Gasteiger partial charge is 0.121 e. The molecule has 90 valence electrons. The summed E-state index contributed by atoms with van der Waals surface area (Å²) in [5, 5.41) is 13.3. The molecule has 0 aliphatic heterocycles. The van der Waals surface area contributed by atoms with Gasteiger partial charge in [0.15, 0.2) is 0 Å². The van der Waals surface area contributed by atoms with Crippen LogP contribution in [0.2, 0.25) is 5.02 Å². The Kier molecular flexibility index (Phi) is 5.80. The zero-order chi connectivity index (χ0) is 12.0. The topological polar surface area (TPSA) is 49.3 Å². The van der Waals surface area contributed by atoms with Crippen molar-refractivity contribution in [3.8, 4) is 5.75 Å². The number of benzene rings is 1. The Hall–Kier alpha value is -0.580. The first kappa shape index (κ1) is 13.5. The maximum Gasteiger partial charge on any atom is 0.121 e. The van der Waals surface area contributed by atoms with Crippen molar-refractivity contribution in [2.45, 2.75) is 13.0 Å². The standard InChI is InChI=1S/C11H16ClNO2S/c1-16(15)7-3-6-13-8-9-10(12)4-2-5-11(9)14/h2,4-5,13-14H,3,6-8H2,1H3. The summed E-state index contributed by atoms with van der Waals surface area (Å²) in [7, 11) is -0.738. The van der Waals surface area contributed by atoms with Crippen molar-refractivity contribution in [3.63, 3.8) is 0 Å². The van der Waals surface area contributed by atoms with Gasteiger partial charge in [-0.2, -0.15) is 0 Å². The van der Waals surface area contributed by atoms with Crippen molar-refractivity contribution in [1.29, 1.82) is 0 Å². The number of nitrogens with one attached hydrogen (secondary N) is 1. The molecule has 0 bridgehead atoms. The van der Waals surface area contributed by atoms with E-state index in [1.165, 1.54) is 0 Å². The number of hydrogen-bond donors (Lipinski definition) is 2. The number of halogens is 1. The third kappa shape index (κ3) is 4.51. The highest BCUT2D eigenvalue weighted by atomic mass is 35.5. The van der Waals surface area contributed by atoms with E-state index < -0.39 is 10.8 Å². The Morgan fingerprint density at radius 3 is 2.88 bits per heavy atom. The van der Waals surface area contributed by atoms with Crippen molar-refractivity contribution < 1.29 is 9.32 Å². The summed E-state index contributed by atoms with van der Waals surface area (Å²) in [4.78, 5) is 0. The van der Waals surface area contributed by atoms with Gasteiger partial charge in [0.2, 0.25) is 0 Å². The Morgan fingerprint density at radius 2 is 2.25 bits per heavy atom. The molecule has 1 atom stereocenters. The molecule has 2 N–H and O–H groups in total. The Morgan fingerprint density at radius 1 is 1.50 bits per heavy atom. The van der Waals surface area contributed by atoms with Gasteiger partial charge >= 0.3 is 0 Å². The van der Waals surface area contributed by atoms with Gasteiger partial charge in [-0.1, -0.05) is 17.7 Å². The lowest BCUT2D eigenvalue weighted by molar-refractivity contribution is 0.464. The van der Waals surface area contributed by atoms with Crippen LogP contribution in [-0.2, 0) is 17.3 Å². The van der Waals surface area contributed by atoms with Gasteiger partial charge < -0.3 is 10.4 Å². The van der Waals surface area contributed by atoms with E-state index in [-0.39, 0.29) is 5.75 Å². The largest absolute Gasteiger partial charge is 0.508 e. The van der Waals surface area contributed by atoms with Gasteiger partial charge in [0.05, 0.1) is 0 Å². The summed E-state index contributed by atoms with van der Waals surface area (Å²) in [6, 6.07) is 5.07. The third-order valence-corrected chi connectivity index (χ3v) is 3.40. The second-order valence-electron chi connectivity index (χ2n) is 3.55. The van der Waals surface area contributed by atoms with E-state index in [2.05, 4.69) is 5.32 Å². The lowest BCUT2D eigenvalue weighted by Crippen LogP contribution is -2.16. The van der Waals surface area contributed by atoms with Crippen LogP contribution in [0.5, 0.6) is 5.75 Å². The van der Waals surface area contributed by atoms with Gasteiger partial charge in [0, 0.05) is 39.9 Å². The molecule has 0 aromatic heterocycles. The van der Waals surface area contributed by atoms with Crippen LogP contribution in [0.25, 0.3) is 0 Å². The van der Waals surface area contributed by atoms with Gasteiger partial charge in [0.25, 0.3) is 0 Å². The molecule has 0 saturated carbocycles. The second-order valence-corrected chi connectivity index (χ2v) is 5.51. The van der Waals surface area contributed by atoms with Gasteiger partial charge in [-0.25, -0.2) is 0 Å². The normalized spacial score (nSPS) is 12.6. The zero-order valence-electron chi connectivity index (χ0n) is 9.20. The Labute approximate surface area is 103 Å². The summed E-state index contributed by atoms with van der Waals surface area (Å²) in [6.07, 6.45) is 2.55. The SMILES string of the molecule is CS(=O)CCCNCc1c(O)cccc1Cl. The van der Waals surface area contributed by atoms with E-state index in [0.29, 0.717) is 22.9 Å². The minimum absolute atomic E-state index is 0.207. The zero-order valence-corrected chi connectivity index (χ0v) is 10.8. The average molecular weight is 262 g/mol. The van der Waals surface area contributed by atoms with Crippen LogP contribution in [0, 0.1) is 0 Å². The molecule has 0 fully saturated rings. The fourth-order valence-corrected chi connectivity index (χ4v) is 2.12. The van der Waals surface area contributed by atoms with E-state index in [9.17, 15) is 9.32 Å². The minimum Gasteiger partial charge on any atom is -0.508 e. The second kappa shape index (κ2) is 6.89. The maximum absolute atomic E-state index is 10.8. The summed E-state index contributed by atoms with van der Waals surface area (Å²) >= 11 is 5.94. The van der Waals surface area contributed by atoms with E-state index in [4.69, 9.17) is 11.6 Å². The van der Waals surface area contributed by atoms with Gasteiger partial charge in [-0.3, -0.25) is 4.21 Å². The lowest BCUT2D eigenvalue weighted by atomic mass is 10.2. The predicted octanol–water partition coefficient (Wildman–Crippen LogP) is 1.90. The first-order valence-electron chi connectivity index (χ1n) is 5.08. The van der Waals surface area contributed by atoms with Crippen LogP contribution in [0.4, 0.5) is 0 Å². The third-order valence-electron chi connectivity index (χ3n) is 2.18. The average Bonchev–Trinajstić information content (AvgIpc) is 2.21. The van der Waals surface area contributed by atoms with E-state index in [1.807, 2.05) is 0 Å². The molecule has 0 heterocycles. The molecule has 0 radical (unpaired) electrons. The number of phenolic OH excluding ortho intramolecular Hbond substituents is 1. The van der Waals surface area contributed by atoms with E-state index in [0.717, 1.165) is 13.0 Å². The Balaban J connectivity index is 2.34. The minimum atomic E-state index is -0.738. The molecule has 0 spiro atoms. The molecule has 1 rings (SSSR count). The summed E-state index contributed by atoms with van der Waals surface area (Å²) < 4.78 is 10.8. The number of rotatable bonds is 6. The first-order chi connectivity index (χ1) is 7.61. The predicted molar refractivity (Wildman–Crippen MR) is 68.4 cm³/mol. The van der Waals surface area contributed by atoms with E-state index >= 15 is 0 Å². The molecule has 1 unspecified atom stereocenters. The number of aromatic hydroxyl groups is 1. The number of hydrogen-bond acceptors (Lipinski definition) is 3. The Bertz CT molecular complexity index is 351. The quantitative estimate of drug-likeness (QED) is 0.769. The highest BCUT2D eigenvalue weighted by Gasteiger charge is 2.04. The fraction of sp³-hybridized carbons (Fsp3) is 0.455. The van der Waals surface area contributed by atoms with Crippen molar-refractivity contribution in [3.05, 3.63) is 28.8 Å². The van der Waals surface area contributed by atoms with Gasteiger partial charge in [-0.05, 0) is 25.1 Å². The van der Waals surface area contributed by atoms with E-state index in [1.54, 1.807) is 24.5 Å². The van der Waals surface area contributed by atoms with Crippen LogP contribution < -0.4 is 5.32 Å². The van der Waals surface area contributed by atoms with Crippen LogP contribution >= 0.6 is 11.6 Å². The van der Waals surface area contributed by atoms with Crippen molar-refractivity contribution in [2.75, 3.05) is 18.6 Å². The molecule has 0 aliphatic rings. The molecule has 5 heteroatoms. The first-order valence-corrected chi connectivity index (χ1v) is 7.19. The molecule has 0 amide bonds. The maximum atomic E-state index is 10.8. The van der Waals surface area contributed by atoms with Crippen LogP contribution in [0.15, 0.2) is 18.2 Å². The molecule has 0 aliphatic carbocycles. The highest BCUT2D eigenvalue weighted by Crippen LogP contribution is 2.24. The van der Waals surface area contributed by atoms with Gasteiger partial charge in [-0.15, -0.1) is 0 Å². The van der Waals surface area contributed by atoms with Gasteiger partial charge in [0.1, 0.15) is 5.75 Å². The molecule has 0 saturated heterocycles. The molecule has 1 aromatic rings. The van der Waals surface area contributed by atoms with Crippen molar-refractivity contribution in [2.24, 2.45) is 0 Å².